The Labute approximate surface area is 361 Å². The number of anilines is 3. The van der Waals surface area contributed by atoms with Crippen LogP contribution < -0.4 is 4.90 Å². The molecule has 0 radical (unpaired) electrons. The molecule has 5 aliphatic rings. The summed E-state index contributed by atoms with van der Waals surface area (Å²) in [5.41, 5.74) is 17.6. The molecule has 5 aliphatic carbocycles. The van der Waals surface area contributed by atoms with Gasteiger partial charge >= 0.3 is 0 Å². The van der Waals surface area contributed by atoms with Crippen molar-refractivity contribution in [1.82, 2.24) is 9.13 Å². The van der Waals surface area contributed by atoms with Crippen LogP contribution in [0.3, 0.4) is 0 Å². The van der Waals surface area contributed by atoms with E-state index in [4.69, 9.17) is 0 Å². The van der Waals surface area contributed by atoms with Gasteiger partial charge < -0.3 is 14.0 Å². The predicted octanol–water partition coefficient (Wildman–Crippen LogP) is 15.1. The lowest BCUT2D eigenvalue weighted by molar-refractivity contribution is -0.0193. The van der Waals surface area contributed by atoms with Gasteiger partial charge in [0.25, 0.3) is 0 Å². The summed E-state index contributed by atoms with van der Waals surface area (Å²) < 4.78 is 4.87. The summed E-state index contributed by atoms with van der Waals surface area (Å²) in [6.07, 6.45) is 7.23. The number of hydrogen-bond donors (Lipinski definition) is 0. The molecule has 2 heterocycles. The van der Waals surface area contributed by atoms with Crippen LogP contribution in [0.2, 0.25) is 0 Å². The minimum absolute atomic E-state index is 0.147. The van der Waals surface area contributed by atoms with Gasteiger partial charge in [0.15, 0.2) is 0 Å². The molecule has 4 saturated carbocycles. The molecule has 8 aromatic carbocycles. The Morgan fingerprint density at radius 2 is 0.968 bits per heavy atom. The molecule has 4 fully saturated rings. The first-order valence-electron chi connectivity index (χ1n) is 22.9. The number of nitrogens with zero attached hydrogens (tertiary/aromatic N) is 3. The fourth-order valence-electron chi connectivity index (χ4n) is 15.0. The van der Waals surface area contributed by atoms with Crippen LogP contribution in [0, 0.1) is 29.1 Å². The molecular weight excluding hydrogens is 751 g/mol. The van der Waals surface area contributed by atoms with Gasteiger partial charge in [-0.15, -0.1) is 0 Å². The largest absolute Gasteiger partial charge is 0.310 e. The third-order valence-electron chi connectivity index (χ3n) is 17.0. The van der Waals surface area contributed by atoms with E-state index in [1.807, 2.05) is 0 Å². The molecule has 3 heteroatoms. The molecule has 15 rings (SSSR count). The molecule has 0 amide bonds. The van der Waals surface area contributed by atoms with Gasteiger partial charge in [-0.05, 0) is 162 Å². The van der Waals surface area contributed by atoms with Crippen molar-refractivity contribution in [2.75, 3.05) is 4.90 Å². The van der Waals surface area contributed by atoms with E-state index in [-0.39, 0.29) is 5.41 Å². The zero-order valence-electron chi connectivity index (χ0n) is 34.6. The van der Waals surface area contributed by atoms with Gasteiger partial charge in [0.05, 0.1) is 22.1 Å². The van der Waals surface area contributed by atoms with E-state index in [0.29, 0.717) is 5.41 Å². The van der Waals surface area contributed by atoms with Gasteiger partial charge in [0.1, 0.15) is 0 Å². The maximum Gasteiger partial charge on any atom is 0.0561 e. The highest BCUT2D eigenvalue weighted by Gasteiger charge is 2.76. The highest BCUT2D eigenvalue weighted by molar-refractivity contribution is 6.12. The zero-order chi connectivity index (χ0) is 40.3. The number of para-hydroxylation sites is 4. The zero-order valence-corrected chi connectivity index (χ0v) is 34.6. The van der Waals surface area contributed by atoms with Crippen LogP contribution in [0.1, 0.15) is 43.2 Å². The predicted molar refractivity (Wildman–Crippen MR) is 255 cm³/mol. The lowest BCUT2D eigenvalue weighted by atomic mass is 9.49. The van der Waals surface area contributed by atoms with E-state index >= 15 is 0 Å². The highest BCUT2D eigenvalue weighted by Crippen LogP contribution is 2.83. The molecule has 62 heavy (non-hydrogen) atoms. The Bertz CT molecular complexity index is 3500. The van der Waals surface area contributed by atoms with Crippen molar-refractivity contribution >= 4 is 60.7 Å². The molecule has 2 spiro atoms. The standard InChI is InChI=1S/C59H45N3/c1-3-13-40(14-4-1)61-54-22-12-9-19-47(54)50-33-43(25-28-55(50)61)60(44-23-26-48-46-18-8-11-21-53(46)62(56(48)34-44)41-15-5-2-6-16-41)42-24-27-52-49(32-42)45-17-7-10-20-51(45)59(52)39-30-37-29-38-31-57(59)58(38,35-37)36-39/h1-28,32-34,37-39,57H,29-31,35-36H2. The minimum Gasteiger partial charge on any atom is -0.310 e. The summed E-state index contributed by atoms with van der Waals surface area (Å²) in [5, 5.41) is 5.05. The monoisotopic (exact) mass is 795 g/mol. The maximum absolute atomic E-state index is 2.59. The second-order valence-electron chi connectivity index (χ2n) is 19.4. The highest BCUT2D eigenvalue weighted by atomic mass is 15.1. The van der Waals surface area contributed by atoms with E-state index < -0.39 is 0 Å². The van der Waals surface area contributed by atoms with Crippen LogP contribution in [0.15, 0.2) is 188 Å². The van der Waals surface area contributed by atoms with Crippen molar-refractivity contribution in [3.05, 3.63) is 199 Å². The van der Waals surface area contributed by atoms with Crippen molar-refractivity contribution in [1.29, 1.82) is 0 Å². The second kappa shape index (κ2) is 12.0. The fraction of sp³-hybridized carbons (Fsp3) is 0.186. The maximum atomic E-state index is 2.59. The van der Waals surface area contributed by atoms with Crippen LogP contribution in [-0.4, -0.2) is 9.13 Å². The first-order valence-corrected chi connectivity index (χ1v) is 22.9. The molecule has 0 aliphatic heterocycles. The molecule has 296 valence electrons. The number of hydrogen-bond acceptors (Lipinski definition) is 1. The Hall–Kier alpha value is -6.84. The van der Waals surface area contributed by atoms with Crippen molar-refractivity contribution in [3.63, 3.8) is 0 Å². The van der Waals surface area contributed by atoms with E-state index in [9.17, 15) is 0 Å². The van der Waals surface area contributed by atoms with Gasteiger partial charge in [0.2, 0.25) is 0 Å². The molecular formula is C59H45N3. The smallest absolute Gasteiger partial charge is 0.0561 e. The van der Waals surface area contributed by atoms with Gasteiger partial charge in [-0.25, -0.2) is 0 Å². The number of aromatic nitrogens is 2. The molecule has 10 aromatic rings. The third-order valence-corrected chi connectivity index (χ3v) is 17.0. The van der Waals surface area contributed by atoms with Crippen LogP contribution in [-0.2, 0) is 5.41 Å². The van der Waals surface area contributed by atoms with Crippen molar-refractivity contribution in [2.24, 2.45) is 29.1 Å². The topological polar surface area (TPSA) is 13.1 Å². The number of benzene rings is 8. The molecule has 6 unspecified atom stereocenters. The SMILES string of the molecule is c1ccc(-n2c3ccccc3c3cc(N(c4ccc5c(c4)-c4ccccc4C54C5CC6CC7CC4C7(C6)C5)c4ccc5c6ccccc6n(-c6ccccc6)c5c4)ccc32)cc1. The van der Waals surface area contributed by atoms with Crippen molar-refractivity contribution < 1.29 is 0 Å². The molecule has 6 atom stereocenters. The Morgan fingerprint density at radius 1 is 0.403 bits per heavy atom. The molecule has 0 saturated heterocycles. The Morgan fingerprint density at radius 3 is 1.76 bits per heavy atom. The summed E-state index contributed by atoms with van der Waals surface area (Å²) in [6, 6.07) is 71.0. The summed E-state index contributed by atoms with van der Waals surface area (Å²) in [7, 11) is 0. The molecule has 2 aromatic heterocycles. The summed E-state index contributed by atoms with van der Waals surface area (Å²) in [5.74, 6) is 3.40. The molecule has 0 N–H and O–H groups in total. The van der Waals surface area contributed by atoms with Crippen LogP contribution >= 0.6 is 0 Å². The Kier molecular flexibility index (Phi) is 6.52. The Balaban J connectivity index is 0.981. The van der Waals surface area contributed by atoms with Crippen LogP contribution in [0.25, 0.3) is 66.1 Å². The first-order chi connectivity index (χ1) is 30.7. The van der Waals surface area contributed by atoms with E-state index in [1.165, 1.54) is 104 Å². The van der Waals surface area contributed by atoms with Crippen molar-refractivity contribution in [3.8, 4) is 22.5 Å². The second-order valence-corrected chi connectivity index (χ2v) is 19.4. The average molecular weight is 796 g/mol. The molecule has 3 nitrogen and oxygen atoms in total. The number of fused-ring (bicyclic) bond motifs is 15. The lowest BCUT2D eigenvalue weighted by Crippen LogP contribution is -2.50. The van der Waals surface area contributed by atoms with Crippen molar-refractivity contribution in [2.45, 2.75) is 37.5 Å². The van der Waals surface area contributed by atoms with Gasteiger partial charge in [0, 0.05) is 55.4 Å². The normalized spacial score (nSPS) is 24.9. The first kappa shape index (κ1) is 33.8. The average Bonchev–Trinajstić information content (AvgIpc) is 4.02. The molecule has 3 bridgehead atoms. The quantitative estimate of drug-likeness (QED) is 0.169. The van der Waals surface area contributed by atoms with Crippen LogP contribution in [0.5, 0.6) is 0 Å². The van der Waals surface area contributed by atoms with Crippen LogP contribution in [0.4, 0.5) is 17.1 Å². The summed E-state index contributed by atoms with van der Waals surface area (Å²) >= 11 is 0. The summed E-state index contributed by atoms with van der Waals surface area (Å²) in [4.78, 5) is 2.54. The van der Waals surface area contributed by atoms with Gasteiger partial charge in [-0.3, -0.25) is 0 Å². The lowest BCUT2D eigenvalue weighted by Gasteiger charge is -2.54. The van der Waals surface area contributed by atoms with E-state index in [0.717, 1.165) is 35.0 Å². The van der Waals surface area contributed by atoms with E-state index in [1.54, 1.807) is 11.1 Å². The van der Waals surface area contributed by atoms with Gasteiger partial charge in [-0.2, -0.15) is 0 Å². The fourth-order valence-corrected chi connectivity index (χ4v) is 15.0. The minimum atomic E-state index is 0.147. The number of rotatable bonds is 5. The van der Waals surface area contributed by atoms with E-state index in [2.05, 4.69) is 202 Å². The third kappa shape index (κ3) is 4.13. The van der Waals surface area contributed by atoms with Gasteiger partial charge in [-0.1, -0.05) is 109 Å². The summed E-state index contributed by atoms with van der Waals surface area (Å²) in [6.45, 7) is 0.